The van der Waals surface area contributed by atoms with Crippen molar-refractivity contribution in [1.29, 1.82) is 0 Å². The molecule has 1 aromatic carbocycles. The van der Waals surface area contributed by atoms with Gasteiger partial charge in [-0.1, -0.05) is 35.3 Å². The lowest BCUT2D eigenvalue weighted by Gasteiger charge is -2.27. The Morgan fingerprint density at radius 1 is 1.33 bits per heavy atom. The molecule has 1 N–H and O–H groups in total. The third-order valence-corrected chi connectivity index (χ3v) is 5.94. The lowest BCUT2D eigenvalue weighted by Crippen LogP contribution is -2.34. The number of halogens is 2. The van der Waals surface area contributed by atoms with Gasteiger partial charge >= 0.3 is 0 Å². The van der Waals surface area contributed by atoms with E-state index in [1.54, 1.807) is 6.07 Å². The Bertz CT molecular complexity index is 490. The molecule has 3 rings (SSSR count). The summed E-state index contributed by atoms with van der Waals surface area (Å²) in [5.41, 5.74) is 0.840. The molecule has 0 saturated heterocycles. The van der Waals surface area contributed by atoms with Crippen LogP contribution < -0.4 is 5.32 Å². The minimum Gasteiger partial charge on any atom is -0.314 e. The van der Waals surface area contributed by atoms with Crippen molar-refractivity contribution >= 4 is 15.9 Å². The van der Waals surface area contributed by atoms with Gasteiger partial charge in [0, 0.05) is 10.5 Å². The van der Waals surface area contributed by atoms with Crippen molar-refractivity contribution in [2.45, 2.75) is 51.5 Å². The van der Waals surface area contributed by atoms with E-state index in [1.165, 1.54) is 32.1 Å². The number of hydrogen-bond donors (Lipinski definition) is 1. The van der Waals surface area contributed by atoms with Crippen molar-refractivity contribution in [2.75, 3.05) is 6.54 Å². The predicted octanol–water partition coefficient (Wildman–Crippen LogP) is 4.94. The third kappa shape index (κ3) is 3.68. The summed E-state index contributed by atoms with van der Waals surface area (Å²) in [6, 6.07) is 5.86. The highest BCUT2D eigenvalue weighted by Crippen LogP contribution is 2.50. The van der Waals surface area contributed by atoms with Crippen molar-refractivity contribution in [3.8, 4) is 0 Å². The molecular formula is C18H25BrFN. The number of hydrogen-bond acceptors (Lipinski definition) is 1. The number of benzene rings is 1. The quantitative estimate of drug-likeness (QED) is 0.763. The van der Waals surface area contributed by atoms with Gasteiger partial charge in [-0.15, -0.1) is 0 Å². The van der Waals surface area contributed by atoms with Crippen molar-refractivity contribution < 1.29 is 4.39 Å². The average molecular weight is 354 g/mol. The molecule has 2 fully saturated rings. The summed E-state index contributed by atoms with van der Waals surface area (Å²) in [7, 11) is 0. The van der Waals surface area contributed by atoms with E-state index in [4.69, 9.17) is 0 Å². The minimum absolute atomic E-state index is 0.0831. The Morgan fingerprint density at radius 3 is 2.81 bits per heavy atom. The fraction of sp³-hybridized carbons (Fsp3) is 0.667. The number of nitrogens with one attached hydrogen (secondary N) is 1. The molecule has 2 aliphatic rings. The Hall–Kier alpha value is -0.410. The standard InChI is InChI=1S/C18H25BrFN/c1-2-21-17(9-14-5-6-16(19)11-18(14)20)10-15-8-12-3-4-13(15)7-12/h5-6,11-13,15,17,21H,2-4,7-10H2,1H3. The maximum absolute atomic E-state index is 14.1. The molecule has 0 radical (unpaired) electrons. The molecule has 0 heterocycles. The molecule has 0 spiro atoms. The highest BCUT2D eigenvalue weighted by Gasteiger charge is 2.40. The van der Waals surface area contributed by atoms with E-state index in [0.717, 1.165) is 40.8 Å². The van der Waals surface area contributed by atoms with Crippen molar-refractivity contribution in [1.82, 2.24) is 5.32 Å². The monoisotopic (exact) mass is 353 g/mol. The first kappa shape index (κ1) is 15.5. The van der Waals surface area contributed by atoms with Crippen LogP contribution in [0, 0.1) is 23.6 Å². The van der Waals surface area contributed by atoms with Crippen molar-refractivity contribution in [2.24, 2.45) is 17.8 Å². The van der Waals surface area contributed by atoms with Gasteiger partial charge in [0.2, 0.25) is 0 Å². The SMILES string of the molecule is CCNC(Cc1ccc(Br)cc1F)CC1CC2CCC1C2. The number of likely N-dealkylation sites (N-methyl/N-ethyl adjacent to an activating group) is 1. The normalized spacial score (nSPS) is 29.0. The summed E-state index contributed by atoms with van der Waals surface area (Å²) >= 11 is 3.33. The predicted molar refractivity (Wildman–Crippen MR) is 88.8 cm³/mol. The van der Waals surface area contributed by atoms with Crippen LogP contribution in [0.4, 0.5) is 4.39 Å². The molecule has 2 bridgehead atoms. The average Bonchev–Trinajstić information content (AvgIpc) is 3.04. The molecule has 1 nitrogen and oxygen atoms in total. The maximum atomic E-state index is 14.1. The highest BCUT2D eigenvalue weighted by molar-refractivity contribution is 9.10. The van der Waals surface area contributed by atoms with Gasteiger partial charge in [-0.3, -0.25) is 0 Å². The van der Waals surface area contributed by atoms with Crippen LogP contribution in [0.5, 0.6) is 0 Å². The Kier molecular flexibility index (Phi) is 5.00. The van der Waals surface area contributed by atoms with Crippen LogP contribution in [-0.2, 0) is 6.42 Å². The van der Waals surface area contributed by atoms with Crippen LogP contribution in [0.2, 0.25) is 0 Å². The molecule has 116 valence electrons. The molecule has 2 saturated carbocycles. The topological polar surface area (TPSA) is 12.0 Å². The number of rotatable bonds is 6. The first-order chi connectivity index (χ1) is 10.2. The molecule has 1 aromatic rings. The van der Waals surface area contributed by atoms with Crippen LogP contribution in [0.3, 0.4) is 0 Å². The van der Waals surface area contributed by atoms with Gasteiger partial charge in [0.1, 0.15) is 5.82 Å². The van der Waals surface area contributed by atoms with Gasteiger partial charge in [-0.05, 0) is 74.1 Å². The fourth-order valence-electron chi connectivity index (χ4n) is 4.51. The summed E-state index contributed by atoms with van der Waals surface area (Å²) in [5, 5.41) is 3.58. The van der Waals surface area contributed by atoms with Crippen molar-refractivity contribution in [3.05, 3.63) is 34.1 Å². The lowest BCUT2D eigenvalue weighted by molar-refractivity contribution is 0.277. The van der Waals surface area contributed by atoms with E-state index in [2.05, 4.69) is 28.2 Å². The fourth-order valence-corrected chi connectivity index (χ4v) is 4.84. The summed E-state index contributed by atoms with van der Waals surface area (Å²) < 4.78 is 14.9. The molecular weight excluding hydrogens is 329 g/mol. The van der Waals surface area contributed by atoms with E-state index >= 15 is 0 Å². The van der Waals surface area contributed by atoms with Gasteiger partial charge in [-0.2, -0.15) is 0 Å². The molecule has 2 aliphatic carbocycles. The van der Waals surface area contributed by atoms with E-state index in [9.17, 15) is 4.39 Å². The minimum atomic E-state index is -0.0831. The van der Waals surface area contributed by atoms with Gasteiger partial charge in [-0.25, -0.2) is 4.39 Å². The molecule has 21 heavy (non-hydrogen) atoms. The molecule has 0 aliphatic heterocycles. The first-order valence-corrected chi connectivity index (χ1v) is 9.12. The van der Waals surface area contributed by atoms with Crippen molar-refractivity contribution in [3.63, 3.8) is 0 Å². The Labute approximate surface area is 135 Å². The van der Waals surface area contributed by atoms with Crippen LogP contribution in [0.1, 0.15) is 44.6 Å². The van der Waals surface area contributed by atoms with Gasteiger partial charge < -0.3 is 5.32 Å². The van der Waals surface area contributed by atoms with E-state index in [1.807, 2.05) is 12.1 Å². The van der Waals surface area contributed by atoms with Gasteiger partial charge in [0.15, 0.2) is 0 Å². The van der Waals surface area contributed by atoms with E-state index in [-0.39, 0.29) is 5.82 Å². The lowest BCUT2D eigenvalue weighted by atomic mass is 9.83. The van der Waals surface area contributed by atoms with Crippen LogP contribution in [0.15, 0.2) is 22.7 Å². The smallest absolute Gasteiger partial charge is 0.127 e. The molecule has 4 atom stereocenters. The van der Waals surface area contributed by atoms with Crippen LogP contribution in [0.25, 0.3) is 0 Å². The molecule has 0 amide bonds. The first-order valence-electron chi connectivity index (χ1n) is 8.33. The van der Waals surface area contributed by atoms with Gasteiger partial charge in [0.05, 0.1) is 0 Å². The van der Waals surface area contributed by atoms with Gasteiger partial charge in [0.25, 0.3) is 0 Å². The summed E-state index contributed by atoms with van der Waals surface area (Å²) in [6.45, 7) is 3.11. The second kappa shape index (κ2) is 6.78. The third-order valence-electron chi connectivity index (χ3n) is 5.45. The van der Waals surface area contributed by atoms with E-state index in [0.29, 0.717) is 6.04 Å². The Morgan fingerprint density at radius 2 is 2.19 bits per heavy atom. The zero-order chi connectivity index (χ0) is 14.8. The molecule has 0 aromatic heterocycles. The molecule has 3 heteroatoms. The van der Waals surface area contributed by atoms with Crippen LogP contribution >= 0.6 is 15.9 Å². The maximum Gasteiger partial charge on any atom is 0.127 e. The number of fused-ring (bicyclic) bond motifs is 2. The molecule has 4 unspecified atom stereocenters. The second-order valence-corrected chi connectivity index (χ2v) is 7.78. The summed E-state index contributed by atoms with van der Waals surface area (Å²) in [5.74, 6) is 2.73. The highest BCUT2D eigenvalue weighted by atomic mass is 79.9. The summed E-state index contributed by atoms with van der Waals surface area (Å²) in [6.07, 6.45) is 7.77. The second-order valence-electron chi connectivity index (χ2n) is 6.87. The Balaban J connectivity index is 1.64. The largest absolute Gasteiger partial charge is 0.314 e. The van der Waals surface area contributed by atoms with Crippen LogP contribution in [-0.4, -0.2) is 12.6 Å². The van der Waals surface area contributed by atoms with E-state index < -0.39 is 0 Å². The zero-order valence-corrected chi connectivity index (χ0v) is 14.3. The summed E-state index contributed by atoms with van der Waals surface area (Å²) in [4.78, 5) is 0. The zero-order valence-electron chi connectivity index (χ0n) is 12.7.